The summed E-state index contributed by atoms with van der Waals surface area (Å²) in [7, 11) is 0. The van der Waals surface area contributed by atoms with Crippen LogP contribution in [0.2, 0.25) is 0 Å². The van der Waals surface area contributed by atoms with Crippen LogP contribution in [0.25, 0.3) is 0 Å². The van der Waals surface area contributed by atoms with Crippen LogP contribution in [0.4, 0.5) is 0 Å². The first-order chi connectivity index (χ1) is 8.29. The molecule has 0 bridgehead atoms. The molecular formula is C14H19N3. The van der Waals surface area contributed by atoms with E-state index < -0.39 is 0 Å². The van der Waals surface area contributed by atoms with Gasteiger partial charge in [0.2, 0.25) is 0 Å². The summed E-state index contributed by atoms with van der Waals surface area (Å²) in [6, 6.07) is 6.90. The number of pyridine rings is 1. The predicted octanol–water partition coefficient (Wildman–Crippen LogP) is 2.56. The highest BCUT2D eigenvalue weighted by molar-refractivity contribution is 5.13. The van der Waals surface area contributed by atoms with Gasteiger partial charge in [0.25, 0.3) is 0 Å². The summed E-state index contributed by atoms with van der Waals surface area (Å²) in [6.07, 6.45) is 6.51. The monoisotopic (exact) mass is 229 g/mol. The molecule has 2 unspecified atom stereocenters. The molecule has 0 aromatic carbocycles. The Morgan fingerprint density at radius 1 is 1.41 bits per heavy atom. The van der Waals surface area contributed by atoms with Crippen LogP contribution in [0, 0.1) is 24.2 Å². The second-order valence-corrected chi connectivity index (χ2v) is 4.82. The van der Waals surface area contributed by atoms with Gasteiger partial charge in [-0.2, -0.15) is 5.26 Å². The minimum atomic E-state index is 0.183. The van der Waals surface area contributed by atoms with Gasteiger partial charge < -0.3 is 5.32 Å². The minimum absolute atomic E-state index is 0.183. The topological polar surface area (TPSA) is 48.7 Å². The zero-order valence-corrected chi connectivity index (χ0v) is 10.3. The molecule has 0 radical (unpaired) electrons. The quantitative estimate of drug-likeness (QED) is 0.866. The van der Waals surface area contributed by atoms with E-state index >= 15 is 0 Å². The number of hydrogen-bond donors (Lipinski definition) is 1. The molecule has 17 heavy (non-hydrogen) atoms. The summed E-state index contributed by atoms with van der Waals surface area (Å²) >= 11 is 0. The van der Waals surface area contributed by atoms with Crippen LogP contribution in [0.15, 0.2) is 18.3 Å². The molecule has 0 amide bonds. The Morgan fingerprint density at radius 2 is 2.24 bits per heavy atom. The number of hydrogen-bond acceptors (Lipinski definition) is 3. The largest absolute Gasteiger partial charge is 0.309 e. The number of nitrogens with one attached hydrogen (secondary N) is 1. The van der Waals surface area contributed by atoms with Crippen molar-refractivity contribution in [3.05, 3.63) is 29.6 Å². The van der Waals surface area contributed by atoms with Crippen LogP contribution >= 0.6 is 0 Å². The van der Waals surface area contributed by atoms with Crippen molar-refractivity contribution in [2.45, 2.75) is 45.2 Å². The van der Waals surface area contributed by atoms with Crippen LogP contribution in [0.3, 0.4) is 0 Å². The summed E-state index contributed by atoms with van der Waals surface area (Å²) in [5.41, 5.74) is 2.24. The molecule has 3 nitrogen and oxygen atoms in total. The molecule has 2 rings (SSSR count). The normalized spacial score (nSPS) is 24.2. The van der Waals surface area contributed by atoms with Crippen molar-refractivity contribution >= 4 is 0 Å². The van der Waals surface area contributed by atoms with Gasteiger partial charge in [0.15, 0.2) is 0 Å². The van der Waals surface area contributed by atoms with E-state index in [-0.39, 0.29) is 5.92 Å². The summed E-state index contributed by atoms with van der Waals surface area (Å²) in [4.78, 5) is 4.28. The van der Waals surface area contributed by atoms with Crippen LogP contribution < -0.4 is 5.32 Å². The Kier molecular flexibility index (Phi) is 4.11. The standard InChI is InChI=1S/C14H19N3/c1-11-6-7-12(9-16-11)10-17-14-5-3-2-4-13(14)8-15/h6-7,9,13-14,17H,2-5,10H2,1H3. The fourth-order valence-corrected chi connectivity index (χ4v) is 2.38. The first-order valence-corrected chi connectivity index (χ1v) is 6.34. The lowest BCUT2D eigenvalue weighted by Gasteiger charge is -2.27. The average molecular weight is 229 g/mol. The van der Waals surface area contributed by atoms with Crippen LogP contribution in [-0.2, 0) is 6.54 Å². The van der Waals surface area contributed by atoms with Crippen molar-refractivity contribution in [3.63, 3.8) is 0 Å². The highest BCUT2D eigenvalue weighted by Crippen LogP contribution is 2.23. The lowest BCUT2D eigenvalue weighted by Crippen LogP contribution is -2.37. The summed E-state index contributed by atoms with van der Waals surface area (Å²) in [6.45, 7) is 2.81. The van der Waals surface area contributed by atoms with Gasteiger partial charge in [0.05, 0.1) is 12.0 Å². The van der Waals surface area contributed by atoms with Crippen molar-refractivity contribution in [2.24, 2.45) is 5.92 Å². The molecule has 3 heteroatoms. The molecule has 1 heterocycles. The molecular weight excluding hydrogens is 210 g/mol. The maximum absolute atomic E-state index is 9.09. The van der Waals surface area contributed by atoms with E-state index in [1.165, 1.54) is 18.4 Å². The maximum Gasteiger partial charge on any atom is 0.0672 e. The fourth-order valence-electron chi connectivity index (χ4n) is 2.38. The van der Waals surface area contributed by atoms with Crippen LogP contribution in [0.1, 0.15) is 36.9 Å². The van der Waals surface area contributed by atoms with Crippen molar-refractivity contribution in [1.29, 1.82) is 5.26 Å². The highest BCUT2D eigenvalue weighted by Gasteiger charge is 2.24. The number of nitriles is 1. The van der Waals surface area contributed by atoms with Gasteiger partial charge in [0, 0.05) is 24.5 Å². The molecule has 90 valence electrons. The second-order valence-electron chi connectivity index (χ2n) is 4.82. The van der Waals surface area contributed by atoms with Crippen molar-refractivity contribution < 1.29 is 0 Å². The molecule has 1 aromatic heterocycles. The smallest absolute Gasteiger partial charge is 0.0672 e. The van der Waals surface area contributed by atoms with E-state index in [2.05, 4.69) is 22.4 Å². The van der Waals surface area contributed by atoms with E-state index in [9.17, 15) is 0 Å². The molecule has 1 fully saturated rings. The summed E-state index contributed by atoms with van der Waals surface area (Å²) in [5, 5.41) is 12.6. The molecule has 1 aliphatic rings. The Labute approximate surface area is 103 Å². The molecule has 1 saturated carbocycles. The first kappa shape index (κ1) is 12.1. The van der Waals surface area contributed by atoms with E-state index in [0.29, 0.717) is 6.04 Å². The molecule has 1 N–H and O–H groups in total. The lowest BCUT2D eigenvalue weighted by atomic mass is 9.85. The molecule has 0 saturated heterocycles. The zero-order valence-electron chi connectivity index (χ0n) is 10.3. The van der Waals surface area contributed by atoms with Gasteiger partial charge in [-0.3, -0.25) is 4.98 Å². The van der Waals surface area contributed by atoms with E-state index in [4.69, 9.17) is 5.26 Å². The number of aryl methyl sites for hydroxylation is 1. The van der Waals surface area contributed by atoms with Crippen LogP contribution in [0.5, 0.6) is 0 Å². The van der Waals surface area contributed by atoms with Gasteiger partial charge >= 0.3 is 0 Å². The number of aromatic nitrogens is 1. The van der Waals surface area contributed by atoms with E-state index in [0.717, 1.165) is 25.1 Å². The summed E-state index contributed by atoms with van der Waals surface area (Å²) in [5.74, 6) is 0.183. The Bertz CT molecular complexity index is 391. The maximum atomic E-state index is 9.09. The average Bonchev–Trinajstić information content (AvgIpc) is 2.38. The Hall–Kier alpha value is -1.40. The minimum Gasteiger partial charge on any atom is -0.309 e. The highest BCUT2D eigenvalue weighted by atomic mass is 14.9. The molecule has 2 atom stereocenters. The van der Waals surface area contributed by atoms with E-state index in [1.54, 1.807) is 0 Å². The molecule has 0 aliphatic heterocycles. The van der Waals surface area contributed by atoms with Crippen molar-refractivity contribution in [1.82, 2.24) is 10.3 Å². The Morgan fingerprint density at radius 3 is 2.94 bits per heavy atom. The predicted molar refractivity (Wildman–Crippen MR) is 67.2 cm³/mol. The summed E-state index contributed by atoms with van der Waals surface area (Å²) < 4.78 is 0. The fraction of sp³-hybridized carbons (Fsp3) is 0.571. The first-order valence-electron chi connectivity index (χ1n) is 6.34. The van der Waals surface area contributed by atoms with Gasteiger partial charge in [-0.25, -0.2) is 0 Å². The van der Waals surface area contributed by atoms with E-state index in [1.807, 2.05) is 19.2 Å². The molecule has 0 spiro atoms. The van der Waals surface area contributed by atoms with Crippen LogP contribution in [-0.4, -0.2) is 11.0 Å². The third kappa shape index (κ3) is 3.28. The third-order valence-corrected chi connectivity index (χ3v) is 3.47. The van der Waals surface area contributed by atoms with Crippen molar-refractivity contribution in [3.8, 4) is 6.07 Å². The zero-order chi connectivity index (χ0) is 12.1. The lowest BCUT2D eigenvalue weighted by molar-refractivity contribution is 0.311. The van der Waals surface area contributed by atoms with Gasteiger partial charge in [0.1, 0.15) is 0 Å². The molecule has 1 aromatic rings. The van der Waals surface area contributed by atoms with Gasteiger partial charge in [-0.1, -0.05) is 18.9 Å². The molecule has 1 aliphatic carbocycles. The van der Waals surface area contributed by atoms with Gasteiger partial charge in [-0.15, -0.1) is 0 Å². The number of nitrogens with zero attached hydrogens (tertiary/aromatic N) is 2. The third-order valence-electron chi connectivity index (χ3n) is 3.47. The second kappa shape index (κ2) is 5.79. The SMILES string of the molecule is Cc1ccc(CNC2CCCCC2C#N)cn1. The van der Waals surface area contributed by atoms with Crippen molar-refractivity contribution in [2.75, 3.05) is 0 Å². The van der Waals surface area contributed by atoms with Gasteiger partial charge in [-0.05, 0) is 31.4 Å². The Balaban J connectivity index is 1.88. The number of rotatable bonds is 3.